The summed E-state index contributed by atoms with van der Waals surface area (Å²) in [6.45, 7) is 7.87. The van der Waals surface area contributed by atoms with Crippen molar-refractivity contribution in [2.75, 3.05) is 0 Å². The van der Waals surface area contributed by atoms with E-state index in [1.54, 1.807) is 0 Å². The Morgan fingerprint density at radius 2 is 1.77 bits per heavy atom. The van der Waals surface area contributed by atoms with E-state index in [9.17, 15) is 4.79 Å². The van der Waals surface area contributed by atoms with Gasteiger partial charge in [-0.1, -0.05) is 20.8 Å². The number of esters is 1. The molecule has 1 fully saturated rings. The molecule has 0 aliphatic heterocycles. The molecule has 0 radical (unpaired) electrons. The first kappa shape index (κ1) is 12.5. The Balaban J connectivity index is 0.000000671. The summed E-state index contributed by atoms with van der Waals surface area (Å²) in [5.41, 5.74) is -0.132. The molecule has 0 amide bonds. The average Bonchev–Trinajstić information content (AvgIpc) is 2.55. The molecule has 0 aromatic rings. The number of carbonyl (C=O) groups is 1. The van der Waals surface area contributed by atoms with Crippen molar-refractivity contribution in [1.29, 1.82) is 0 Å². The molecule has 0 saturated heterocycles. The van der Waals surface area contributed by atoms with Crippen LogP contribution in [-0.2, 0) is 9.53 Å². The van der Waals surface area contributed by atoms with Crippen molar-refractivity contribution in [3.05, 3.63) is 0 Å². The van der Waals surface area contributed by atoms with E-state index in [4.69, 9.17) is 4.74 Å². The number of ether oxygens (including phenoxy) is 1. The third-order valence-corrected chi connectivity index (χ3v) is 2.31. The van der Waals surface area contributed by atoms with E-state index in [2.05, 4.69) is 0 Å². The van der Waals surface area contributed by atoms with Gasteiger partial charge in [0, 0.05) is 6.42 Å². The van der Waals surface area contributed by atoms with Crippen LogP contribution >= 0.6 is 0 Å². The second-order valence-corrected chi connectivity index (χ2v) is 3.48. The maximum Gasteiger partial charge on any atom is 0.306 e. The minimum atomic E-state index is -0.132. The van der Waals surface area contributed by atoms with Crippen LogP contribution in [0.3, 0.4) is 0 Å². The van der Waals surface area contributed by atoms with E-state index >= 15 is 0 Å². The Kier molecular flexibility index (Phi) is 5.76. The molecule has 0 heterocycles. The highest BCUT2D eigenvalue weighted by Gasteiger charge is 2.31. The van der Waals surface area contributed by atoms with Crippen LogP contribution in [0.4, 0.5) is 0 Å². The van der Waals surface area contributed by atoms with E-state index in [0.717, 1.165) is 12.8 Å². The maximum atomic E-state index is 11.0. The smallest absolute Gasteiger partial charge is 0.306 e. The van der Waals surface area contributed by atoms with E-state index in [1.165, 1.54) is 12.8 Å². The fourth-order valence-electron chi connectivity index (χ4n) is 1.57. The Bertz CT molecular complexity index is 146. The molecule has 0 bridgehead atoms. The van der Waals surface area contributed by atoms with E-state index in [-0.39, 0.29) is 11.6 Å². The summed E-state index contributed by atoms with van der Waals surface area (Å²) in [7, 11) is 0. The summed E-state index contributed by atoms with van der Waals surface area (Å²) in [6.07, 6.45) is 4.98. The molecule has 1 aliphatic rings. The van der Waals surface area contributed by atoms with Crippen molar-refractivity contribution in [1.82, 2.24) is 0 Å². The van der Waals surface area contributed by atoms with E-state index < -0.39 is 0 Å². The molecule has 1 saturated carbocycles. The minimum Gasteiger partial charge on any atom is -0.459 e. The topological polar surface area (TPSA) is 26.3 Å². The van der Waals surface area contributed by atoms with Gasteiger partial charge in [0.25, 0.3) is 0 Å². The van der Waals surface area contributed by atoms with Crippen LogP contribution in [0, 0.1) is 0 Å². The Morgan fingerprint density at radius 1 is 1.31 bits per heavy atom. The van der Waals surface area contributed by atoms with Crippen molar-refractivity contribution in [2.45, 2.75) is 65.4 Å². The zero-order valence-corrected chi connectivity index (χ0v) is 9.35. The molecule has 0 spiro atoms. The summed E-state index contributed by atoms with van der Waals surface area (Å²) in [6, 6.07) is 0. The van der Waals surface area contributed by atoms with E-state index in [1.807, 2.05) is 27.7 Å². The van der Waals surface area contributed by atoms with Crippen LogP contribution < -0.4 is 0 Å². The van der Waals surface area contributed by atoms with Crippen molar-refractivity contribution in [3.63, 3.8) is 0 Å². The van der Waals surface area contributed by atoms with Gasteiger partial charge in [-0.2, -0.15) is 0 Å². The molecular formula is C11H22O2. The fourth-order valence-corrected chi connectivity index (χ4v) is 1.57. The highest BCUT2D eigenvalue weighted by molar-refractivity contribution is 5.69. The first-order chi connectivity index (χ1) is 6.16. The first-order valence-electron chi connectivity index (χ1n) is 5.38. The Morgan fingerprint density at radius 3 is 2.15 bits per heavy atom. The Labute approximate surface area is 81.7 Å². The van der Waals surface area contributed by atoms with Crippen LogP contribution in [0.5, 0.6) is 0 Å². The lowest BCUT2D eigenvalue weighted by Crippen LogP contribution is -2.27. The molecule has 0 aromatic carbocycles. The van der Waals surface area contributed by atoms with Gasteiger partial charge in [0.05, 0.1) is 0 Å². The minimum absolute atomic E-state index is 0.0607. The second kappa shape index (κ2) is 6.01. The van der Waals surface area contributed by atoms with Crippen LogP contribution in [0.25, 0.3) is 0 Å². The first-order valence-corrected chi connectivity index (χ1v) is 5.38. The zero-order valence-electron chi connectivity index (χ0n) is 9.35. The lowest BCUT2D eigenvalue weighted by Gasteiger charge is -2.23. The van der Waals surface area contributed by atoms with Crippen molar-refractivity contribution < 1.29 is 9.53 Å². The quantitative estimate of drug-likeness (QED) is 0.618. The van der Waals surface area contributed by atoms with Crippen molar-refractivity contribution in [2.24, 2.45) is 0 Å². The predicted molar refractivity (Wildman–Crippen MR) is 54.6 cm³/mol. The van der Waals surface area contributed by atoms with E-state index in [0.29, 0.717) is 6.42 Å². The lowest BCUT2D eigenvalue weighted by atomic mass is 10.1. The van der Waals surface area contributed by atoms with Gasteiger partial charge in [0.2, 0.25) is 0 Å². The largest absolute Gasteiger partial charge is 0.459 e. The monoisotopic (exact) mass is 186 g/mol. The van der Waals surface area contributed by atoms with Crippen LogP contribution in [-0.4, -0.2) is 11.6 Å². The summed E-state index contributed by atoms with van der Waals surface area (Å²) in [5.74, 6) is -0.0607. The second-order valence-electron chi connectivity index (χ2n) is 3.48. The molecule has 78 valence electrons. The molecule has 0 aromatic heterocycles. The van der Waals surface area contributed by atoms with Gasteiger partial charge in [-0.05, 0) is 32.6 Å². The molecule has 1 aliphatic carbocycles. The van der Waals surface area contributed by atoms with Crippen molar-refractivity contribution >= 4 is 5.97 Å². The van der Waals surface area contributed by atoms with Gasteiger partial charge in [-0.25, -0.2) is 0 Å². The SMILES string of the molecule is CC.CCC(=O)OC1(C)CCCC1. The normalized spacial score (nSPS) is 18.8. The maximum absolute atomic E-state index is 11.0. The summed E-state index contributed by atoms with van der Waals surface area (Å²) >= 11 is 0. The summed E-state index contributed by atoms with van der Waals surface area (Å²) < 4.78 is 5.31. The molecule has 0 unspecified atom stereocenters. The van der Waals surface area contributed by atoms with Crippen LogP contribution in [0.2, 0.25) is 0 Å². The molecule has 2 nitrogen and oxygen atoms in total. The predicted octanol–water partition coefficient (Wildman–Crippen LogP) is 3.30. The average molecular weight is 186 g/mol. The molecule has 13 heavy (non-hydrogen) atoms. The third kappa shape index (κ3) is 4.30. The molecule has 0 N–H and O–H groups in total. The van der Waals surface area contributed by atoms with Crippen molar-refractivity contribution in [3.8, 4) is 0 Å². The highest BCUT2D eigenvalue weighted by Crippen LogP contribution is 2.32. The molecule has 1 rings (SSSR count). The third-order valence-electron chi connectivity index (χ3n) is 2.31. The zero-order chi connectivity index (χ0) is 10.3. The van der Waals surface area contributed by atoms with Crippen LogP contribution in [0.1, 0.15) is 59.8 Å². The summed E-state index contributed by atoms with van der Waals surface area (Å²) in [4.78, 5) is 11.0. The van der Waals surface area contributed by atoms with Gasteiger partial charge in [-0.3, -0.25) is 4.79 Å². The lowest BCUT2D eigenvalue weighted by molar-refractivity contribution is -0.157. The molecule has 0 atom stereocenters. The number of hydrogen-bond donors (Lipinski definition) is 0. The number of carbonyl (C=O) groups excluding carboxylic acids is 1. The van der Waals surface area contributed by atoms with Gasteiger partial charge in [0.1, 0.15) is 5.60 Å². The number of rotatable bonds is 2. The summed E-state index contributed by atoms with van der Waals surface area (Å²) in [5, 5.41) is 0. The van der Waals surface area contributed by atoms with Gasteiger partial charge < -0.3 is 4.74 Å². The highest BCUT2D eigenvalue weighted by atomic mass is 16.6. The number of hydrogen-bond acceptors (Lipinski definition) is 2. The van der Waals surface area contributed by atoms with Gasteiger partial charge in [-0.15, -0.1) is 0 Å². The molecule has 2 heteroatoms. The van der Waals surface area contributed by atoms with Gasteiger partial charge in [0.15, 0.2) is 0 Å². The standard InChI is InChI=1S/C9H16O2.C2H6/c1-3-8(10)11-9(2)6-4-5-7-9;1-2/h3-7H2,1-2H3;1-2H3. The Hall–Kier alpha value is -0.530. The van der Waals surface area contributed by atoms with Gasteiger partial charge >= 0.3 is 5.97 Å². The van der Waals surface area contributed by atoms with Crippen LogP contribution in [0.15, 0.2) is 0 Å². The fraction of sp³-hybridized carbons (Fsp3) is 0.909. The molecular weight excluding hydrogens is 164 g/mol.